The lowest BCUT2D eigenvalue weighted by molar-refractivity contribution is -0.142. The molecule has 5 N–H and O–H groups in total. The van der Waals surface area contributed by atoms with Crippen molar-refractivity contribution in [2.45, 2.75) is 166 Å². The van der Waals surface area contributed by atoms with Crippen molar-refractivity contribution in [2.24, 2.45) is 64.4 Å². The lowest BCUT2D eigenvalue weighted by atomic mass is 9.63. The Labute approximate surface area is 297 Å². The van der Waals surface area contributed by atoms with Crippen LogP contribution in [0.2, 0.25) is 0 Å². The first-order valence-electron chi connectivity index (χ1n) is 20.7. The van der Waals surface area contributed by atoms with Gasteiger partial charge in [0, 0.05) is 31.3 Å². The summed E-state index contributed by atoms with van der Waals surface area (Å²) in [5.41, 5.74) is 6.65. The number of carbonyl (C=O) groups is 2. The molecule has 0 aromatic rings. The second kappa shape index (κ2) is 17.0. The monoisotopic (exact) mass is 681 g/mol. The van der Waals surface area contributed by atoms with Crippen molar-refractivity contribution in [3.05, 3.63) is 0 Å². The highest BCUT2D eigenvalue weighted by Crippen LogP contribution is 2.55. The Hall–Kier alpha value is -1.30. The summed E-state index contributed by atoms with van der Waals surface area (Å²) in [6.45, 7) is 3.26. The molecule has 6 rings (SSSR count). The molecule has 0 amide bonds. The van der Waals surface area contributed by atoms with E-state index in [1.807, 2.05) is 0 Å². The van der Waals surface area contributed by atoms with Crippen LogP contribution in [0.25, 0.3) is 0 Å². The Balaban J connectivity index is 1.40. The highest BCUT2D eigenvalue weighted by atomic mass is 16.5. The zero-order chi connectivity index (χ0) is 34.5. The first kappa shape index (κ1) is 37.5. The third kappa shape index (κ3) is 8.68. The molecule has 7 nitrogen and oxygen atoms in total. The van der Waals surface area contributed by atoms with Gasteiger partial charge in [0.2, 0.25) is 0 Å². The van der Waals surface area contributed by atoms with E-state index < -0.39 is 18.1 Å². The third-order valence-electron chi connectivity index (χ3n) is 14.8. The van der Waals surface area contributed by atoms with E-state index in [0.717, 1.165) is 64.3 Å². The minimum atomic E-state index is -1.57. The molecule has 4 saturated carbocycles. The van der Waals surface area contributed by atoms with Crippen molar-refractivity contribution in [1.29, 1.82) is 0 Å². The second-order valence-corrected chi connectivity index (χ2v) is 17.7. The van der Waals surface area contributed by atoms with E-state index in [1.165, 1.54) is 51.4 Å². The average Bonchev–Trinajstić information content (AvgIpc) is 3.50. The zero-order valence-corrected chi connectivity index (χ0v) is 30.8. The van der Waals surface area contributed by atoms with Gasteiger partial charge in [0.1, 0.15) is 0 Å². The molecule has 0 spiro atoms. The summed E-state index contributed by atoms with van der Waals surface area (Å²) in [6.07, 6.45) is 19.2. The minimum absolute atomic E-state index is 0.0472. The summed E-state index contributed by atoms with van der Waals surface area (Å²) in [5.74, 6) is 9.04. The molecule has 0 radical (unpaired) electrons. The van der Waals surface area contributed by atoms with E-state index in [-0.39, 0.29) is 59.3 Å². The molecular formula is C42H68N2O5. The standard InChI is InChI=1S/C42H68N2O5/c1-3-16-42(17-7-8-18-42)32-22-28(20-27-15-19-44-39(43)23-27)21-30-11-13-33(29-9-5-4-6-10-29)34-26-37(46)38(49-2)24-31(34)12-14-36(45)41(48)40(47)35(30)25-32/h27-35,37-39,41,44,46,48H,3-10,12,14-26,43H2,1-2H3. The summed E-state index contributed by atoms with van der Waals surface area (Å²) >= 11 is 0. The van der Waals surface area contributed by atoms with Crippen molar-refractivity contribution in [2.75, 3.05) is 13.7 Å². The number of methoxy groups -OCH3 is 1. The van der Waals surface area contributed by atoms with Crippen molar-refractivity contribution >= 4 is 11.6 Å². The Morgan fingerprint density at radius 3 is 2.37 bits per heavy atom. The van der Waals surface area contributed by atoms with E-state index in [9.17, 15) is 19.8 Å². The van der Waals surface area contributed by atoms with Crippen LogP contribution in [0, 0.1) is 70.5 Å². The van der Waals surface area contributed by atoms with Crippen molar-refractivity contribution in [3.63, 3.8) is 0 Å². The topological polar surface area (TPSA) is 122 Å². The Morgan fingerprint density at radius 2 is 1.65 bits per heavy atom. The van der Waals surface area contributed by atoms with Gasteiger partial charge in [-0.1, -0.05) is 57.3 Å². The molecule has 1 saturated heterocycles. The number of nitrogens with one attached hydrogen (secondary N) is 1. The predicted octanol–water partition coefficient (Wildman–Crippen LogP) is 6.57. The number of piperidine rings is 1. The van der Waals surface area contributed by atoms with E-state index >= 15 is 0 Å². The van der Waals surface area contributed by atoms with E-state index in [1.54, 1.807) is 7.11 Å². The molecule has 0 bridgehead atoms. The number of hydrogen-bond donors (Lipinski definition) is 4. The van der Waals surface area contributed by atoms with Gasteiger partial charge >= 0.3 is 0 Å². The molecule has 1 aliphatic heterocycles. The quantitative estimate of drug-likeness (QED) is 0.177. The lowest BCUT2D eigenvalue weighted by Crippen LogP contribution is -2.45. The summed E-state index contributed by atoms with van der Waals surface area (Å²) in [7, 11) is 1.67. The summed E-state index contributed by atoms with van der Waals surface area (Å²) in [6, 6.07) is 0. The first-order chi connectivity index (χ1) is 23.7. The van der Waals surface area contributed by atoms with Crippen molar-refractivity contribution in [3.8, 4) is 11.8 Å². The van der Waals surface area contributed by atoms with E-state index in [0.29, 0.717) is 42.9 Å². The van der Waals surface area contributed by atoms with Crippen LogP contribution in [0.15, 0.2) is 0 Å². The van der Waals surface area contributed by atoms with Gasteiger partial charge in [0.15, 0.2) is 17.7 Å². The van der Waals surface area contributed by atoms with Gasteiger partial charge in [0.25, 0.3) is 0 Å². The lowest BCUT2D eigenvalue weighted by Gasteiger charge is -2.44. The summed E-state index contributed by atoms with van der Waals surface area (Å²) < 4.78 is 5.73. The molecule has 5 aliphatic carbocycles. The number of nitrogens with two attached hydrogens (primary N) is 1. The third-order valence-corrected chi connectivity index (χ3v) is 14.8. The fraction of sp³-hybridized carbons (Fsp3) is 0.905. The fourth-order valence-electron chi connectivity index (χ4n) is 12.3. The van der Waals surface area contributed by atoms with Gasteiger partial charge in [-0.15, -0.1) is 0 Å². The molecule has 12 unspecified atom stereocenters. The van der Waals surface area contributed by atoms with E-state index in [2.05, 4.69) is 24.1 Å². The smallest absolute Gasteiger partial charge is 0.173 e. The molecule has 0 aromatic carbocycles. The van der Waals surface area contributed by atoms with Crippen LogP contribution in [0.4, 0.5) is 0 Å². The van der Waals surface area contributed by atoms with E-state index in [4.69, 9.17) is 10.5 Å². The van der Waals surface area contributed by atoms with Gasteiger partial charge in [0.05, 0.1) is 18.4 Å². The fourth-order valence-corrected chi connectivity index (χ4v) is 12.3. The number of Topliss-reactive ketones (excluding diaryl/α,β-unsaturated/α-hetero) is 2. The first-order valence-corrected chi connectivity index (χ1v) is 20.7. The largest absolute Gasteiger partial charge is 0.390 e. The van der Waals surface area contributed by atoms with Crippen molar-refractivity contribution in [1.82, 2.24) is 5.32 Å². The van der Waals surface area contributed by atoms with Crippen LogP contribution in [0.5, 0.6) is 0 Å². The molecule has 276 valence electrons. The molecule has 5 fully saturated rings. The predicted molar refractivity (Wildman–Crippen MR) is 193 cm³/mol. The molecule has 6 aliphatic rings. The maximum absolute atomic E-state index is 14.5. The highest BCUT2D eigenvalue weighted by Gasteiger charge is 2.49. The molecule has 7 heteroatoms. The molecule has 0 aromatic heterocycles. The second-order valence-electron chi connectivity index (χ2n) is 17.7. The van der Waals surface area contributed by atoms with Gasteiger partial charge in [-0.05, 0) is 137 Å². The number of carbonyl (C=O) groups excluding carboxylic acids is 2. The number of ketones is 2. The van der Waals surface area contributed by atoms with Crippen LogP contribution in [0.3, 0.4) is 0 Å². The molecule has 49 heavy (non-hydrogen) atoms. The van der Waals surface area contributed by atoms with Gasteiger partial charge < -0.3 is 26.0 Å². The Kier molecular flexibility index (Phi) is 13.0. The van der Waals surface area contributed by atoms with Crippen LogP contribution >= 0.6 is 0 Å². The highest BCUT2D eigenvalue weighted by molar-refractivity contribution is 6.06. The van der Waals surface area contributed by atoms with Crippen LogP contribution in [0.1, 0.15) is 142 Å². The number of hydrogen-bond acceptors (Lipinski definition) is 7. The zero-order valence-electron chi connectivity index (χ0n) is 30.8. The maximum atomic E-state index is 14.5. The van der Waals surface area contributed by atoms with Crippen LogP contribution < -0.4 is 11.1 Å². The van der Waals surface area contributed by atoms with Gasteiger partial charge in [-0.2, -0.15) is 0 Å². The van der Waals surface area contributed by atoms with Gasteiger partial charge in [-0.3, -0.25) is 9.59 Å². The number of ether oxygens (including phenoxy) is 1. The summed E-state index contributed by atoms with van der Waals surface area (Å²) in [4.78, 5) is 28.2. The Morgan fingerprint density at radius 1 is 0.878 bits per heavy atom. The average molecular weight is 681 g/mol. The SMILES string of the molecule is CCCC1(C2CC(CC3CCNC(N)C3)CC3C#CC(C4CCCCC4)C4CC(O)C(OC)CC4CCC(=O)C(O)C(=O)C3C2)CCCC1. The van der Waals surface area contributed by atoms with Crippen LogP contribution in [-0.4, -0.2) is 59.9 Å². The molecule has 12 atom stereocenters. The molecular weight excluding hydrogens is 612 g/mol. The number of aliphatic hydroxyl groups excluding tert-OH is 2. The number of aliphatic hydroxyl groups is 2. The van der Waals surface area contributed by atoms with Crippen LogP contribution in [-0.2, 0) is 14.3 Å². The summed E-state index contributed by atoms with van der Waals surface area (Å²) in [5, 5.41) is 26.2. The maximum Gasteiger partial charge on any atom is 0.173 e. The minimum Gasteiger partial charge on any atom is -0.390 e. The Bertz CT molecular complexity index is 1170. The number of rotatable bonds is 7. The van der Waals surface area contributed by atoms with Crippen molar-refractivity contribution < 1.29 is 24.5 Å². The normalized spacial score (nSPS) is 42.5. The number of fused-ring (bicyclic) bond motifs is 2. The molecule has 1 heterocycles. The van der Waals surface area contributed by atoms with Gasteiger partial charge in [-0.25, -0.2) is 0 Å².